The van der Waals surface area contributed by atoms with Crippen LogP contribution >= 0.6 is 0 Å². The molecule has 0 saturated carbocycles. The Morgan fingerprint density at radius 1 is 1.13 bits per heavy atom. The van der Waals surface area contributed by atoms with Crippen molar-refractivity contribution in [1.29, 1.82) is 0 Å². The molecule has 1 saturated heterocycles. The average molecular weight is 592 g/mol. The Hall–Kier alpha value is -3.67. The number of carbonyl (C=O) groups is 2. The van der Waals surface area contributed by atoms with Crippen molar-refractivity contribution in [1.82, 2.24) is 15.3 Å². The van der Waals surface area contributed by atoms with Crippen LogP contribution in [-0.4, -0.2) is 82.6 Å². The van der Waals surface area contributed by atoms with Gasteiger partial charge >= 0.3 is 12.2 Å². The third-order valence-electron chi connectivity index (χ3n) is 6.03. The molecule has 0 radical (unpaired) electrons. The topological polar surface area (TPSA) is 162 Å². The van der Waals surface area contributed by atoms with Gasteiger partial charge in [-0.2, -0.15) is 16.9 Å². The largest absolute Gasteiger partial charge is 0.408 e. The van der Waals surface area contributed by atoms with E-state index in [-0.39, 0.29) is 26.7 Å². The summed E-state index contributed by atoms with van der Waals surface area (Å²) in [7, 11) is -8.50. The maximum absolute atomic E-state index is 13.4. The van der Waals surface area contributed by atoms with Crippen molar-refractivity contribution < 1.29 is 39.6 Å². The summed E-state index contributed by atoms with van der Waals surface area (Å²) < 4.78 is 87.4. The third-order valence-corrected chi connectivity index (χ3v) is 9.28. The fourth-order valence-corrected chi connectivity index (χ4v) is 7.31. The normalized spacial score (nSPS) is 17.8. The Morgan fingerprint density at radius 2 is 1.79 bits per heavy atom. The molecular weight excluding hydrogens is 567 g/mol. The Labute approximate surface area is 222 Å². The van der Waals surface area contributed by atoms with Crippen LogP contribution in [0.25, 0.3) is 0 Å². The van der Waals surface area contributed by atoms with Crippen LogP contribution in [0.1, 0.15) is 23.8 Å². The number of nitrogens with one attached hydrogen (secondary N) is 2. The fourth-order valence-electron chi connectivity index (χ4n) is 4.35. The lowest BCUT2D eigenvalue weighted by Gasteiger charge is -2.35. The highest BCUT2D eigenvalue weighted by Crippen LogP contribution is 2.39. The SMILES string of the molecule is CC(NC(=O)c1ccc2c(n1)N(C(=O)Nc1cc(N(S(C)(=O)=O)S(C)(=O)=O)ccn1)[C@H]1CCN2C1)C(F)(F)F. The third kappa shape index (κ3) is 5.85. The molecule has 2 N–H and O–H groups in total. The summed E-state index contributed by atoms with van der Waals surface area (Å²) in [4.78, 5) is 37.2. The van der Waals surface area contributed by atoms with E-state index in [9.17, 15) is 39.6 Å². The van der Waals surface area contributed by atoms with Gasteiger partial charge in [0.05, 0.1) is 29.9 Å². The minimum atomic E-state index is -4.66. The number of alkyl halides is 3. The smallest absolute Gasteiger partial charge is 0.366 e. The van der Waals surface area contributed by atoms with Crippen molar-refractivity contribution >= 4 is 55.0 Å². The number of pyridine rings is 2. The summed E-state index contributed by atoms with van der Waals surface area (Å²) in [6, 6.07) is 1.65. The molecule has 2 atom stereocenters. The molecule has 0 aliphatic carbocycles. The molecule has 1 fully saturated rings. The molecule has 13 nitrogen and oxygen atoms in total. The molecule has 3 amide bonds. The first-order valence-electron chi connectivity index (χ1n) is 11.4. The van der Waals surface area contributed by atoms with Crippen LogP contribution in [0.2, 0.25) is 0 Å². The Morgan fingerprint density at radius 3 is 2.41 bits per heavy atom. The molecule has 2 aliphatic rings. The lowest BCUT2D eigenvalue weighted by molar-refractivity contribution is -0.149. The molecule has 0 spiro atoms. The zero-order valence-electron chi connectivity index (χ0n) is 20.8. The number of halogens is 3. The predicted octanol–water partition coefficient (Wildman–Crippen LogP) is 1.51. The number of nitrogens with zero attached hydrogens (tertiary/aromatic N) is 5. The van der Waals surface area contributed by atoms with Crippen molar-refractivity contribution in [2.24, 2.45) is 0 Å². The summed E-state index contributed by atoms with van der Waals surface area (Å²) in [6.07, 6.45) is -1.61. The van der Waals surface area contributed by atoms with Gasteiger partial charge in [0.15, 0.2) is 5.82 Å². The van der Waals surface area contributed by atoms with Crippen molar-refractivity contribution in [2.75, 3.05) is 44.4 Å². The molecule has 212 valence electrons. The van der Waals surface area contributed by atoms with Crippen LogP contribution in [0, 0.1) is 0 Å². The van der Waals surface area contributed by atoms with E-state index >= 15 is 0 Å². The maximum Gasteiger partial charge on any atom is 0.408 e. The van der Waals surface area contributed by atoms with Crippen LogP contribution in [0.3, 0.4) is 0 Å². The number of rotatable bonds is 6. The van der Waals surface area contributed by atoms with Gasteiger partial charge in [0.1, 0.15) is 17.6 Å². The van der Waals surface area contributed by atoms with Gasteiger partial charge in [-0.15, -0.1) is 0 Å². The molecule has 4 heterocycles. The second kappa shape index (κ2) is 9.82. The number of aromatic nitrogens is 2. The van der Waals surface area contributed by atoms with Crippen LogP contribution in [0.15, 0.2) is 30.5 Å². The van der Waals surface area contributed by atoms with Gasteiger partial charge in [-0.3, -0.25) is 15.0 Å². The Bertz CT molecular complexity index is 1500. The van der Waals surface area contributed by atoms with E-state index in [1.807, 2.05) is 10.2 Å². The van der Waals surface area contributed by atoms with Gasteiger partial charge in [0.2, 0.25) is 20.0 Å². The maximum atomic E-state index is 13.4. The summed E-state index contributed by atoms with van der Waals surface area (Å²) in [5, 5.41) is 4.32. The van der Waals surface area contributed by atoms with Crippen LogP contribution < -0.4 is 24.1 Å². The first kappa shape index (κ1) is 28.3. The minimum Gasteiger partial charge on any atom is -0.366 e. The number of fused-ring (bicyclic) bond motifs is 4. The van der Waals surface area contributed by atoms with E-state index in [0.717, 1.165) is 25.3 Å². The molecule has 1 unspecified atom stereocenters. The minimum absolute atomic E-state index is 0.0404. The average Bonchev–Trinajstić information content (AvgIpc) is 3.20. The van der Waals surface area contributed by atoms with E-state index in [4.69, 9.17) is 0 Å². The monoisotopic (exact) mass is 591 g/mol. The quantitative estimate of drug-likeness (QED) is 0.507. The molecule has 2 aliphatic heterocycles. The number of hydrogen-bond acceptors (Lipinski definition) is 9. The summed E-state index contributed by atoms with van der Waals surface area (Å²) >= 11 is 0. The second-order valence-electron chi connectivity index (χ2n) is 9.09. The van der Waals surface area contributed by atoms with Crippen molar-refractivity contribution in [3.05, 3.63) is 36.2 Å². The lowest BCUT2D eigenvalue weighted by Crippen LogP contribution is -2.49. The summed E-state index contributed by atoms with van der Waals surface area (Å²) in [5.41, 5.74) is -0.129. The van der Waals surface area contributed by atoms with Gasteiger partial charge < -0.3 is 10.2 Å². The summed E-state index contributed by atoms with van der Waals surface area (Å²) in [5.74, 6) is -1.21. The van der Waals surface area contributed by atoms with E-state index in [1.54, 1.807) is 0 Å². The van der Waals surface area contributed by atoms with Crippen molar-refractivity contribution in [2.45, 2.75) is 31.6 Å². The number of anilines is 4. The highest BCUT2D eigenvalue weighted by atomic mass is 32.3. The van der Waals surface area contributed by atoms with Gasteiger partial charge in [-0.1, -0.05) is 0 Å². The number of urea groups is 1. The van der Waals surface area contributed by atoms with Crippen LogP contribution in [0.4, 0.5) is 41.0 Å². The molecule has 2 aromatic heterocycles. The molecule has 0 aromatic carbocycles. The number of amides is 3. The Kier molecular flexibility index (Phi) is 7.13. The standard InChI is InChI=1S/C21H24F3N7O6S2/c1-12(21(22,23)24)26-19(32)15-4-5-16-18(27-15)30(14-7-9-29(16)11-14)20(33)28-17-10-13(6-8-25-17)31(38(2,34)35)39(3,36)37/h4-6,8,10,12,14H,7,9,11H2,1-3H3,(H,26,32)(H,25,28,33)/t12?,14-/m0/s1. The summed E-state index contributed by atoms with van der Waals surface area (Å²) in [6.45, 7) is 1.78. The number of sulfonamides is 2. The number of carbonyl (C=O) groups excluding carboxylic acids is 2. The van der Waals surface area contributed by atoms with Crippen LogP contribution in [-0.2, 0) is 20.0 Å². The first-order chi connectivity index (χ1) is 18.0. The van der Waals surface area contributed by atoms with Gasteiger partial charge in [-0.25, -0.2) is 31.6 Å². The highest BCUT2D eigenvalue weighted by molar-refractivity contribution is 8.09. The van der Waals surface area contributed by atoms with Crippen molar-refractivity contribution in [3.8, 4) is 0 Å². The molecule has 39 heavy (non-hydrogen) atoms. The fraction of sp³-hybridized carbons (Fsp3) is 0.429. The van der Waals surface area contributed by atoms with Crippen molar-refractivity contribution in [3.63, 3.8) is 0 Å². The Balaban J connectivity index is 1.65. The molecule has 2 aromatic rings. The second-order valence-corrected chi connectivity index (χ2v) is 13.0. The molecule has 2 bridgehead atoms. The molecule has 18 heteroatoms. The van der Waals surface area contributed by atoms with Crippen LogP contribution in [0.5, 0.6) is 0 Å². The first-order valence-corrected chi connectivity index (χ1v) is 15.1. The molecular formula is C21H24F3N7O6S2. The van der Waals surface area contributed by atoms with E-state index in [0.29, 0.717) is 37.7 Å². The molecule has 4 rings (SSSR count). The van der Waals surface area contributed by atoms with E-state index in [1.165, 1.54) is 17.0 Å². The van der Waals surface area contributed by atoms with Gasteiger partial charge in [0.25, 0.3) is 5.91 Å². The zero-order chi connectivity index (χ0) is 28.9. The van der Waals surface area contributed by atoms with Gasteiger partial charge in [0, 0.05) is 25.4 Å². The highest BCUT2D eigenvalue weighted by Gasteiger charge is 2.41. The van der Waals surface area contributed by atoms with Gasteiger partial charge in [-0.05, 0) is 31.5 Å². The predicted molar refractivity (Wildman–Crippen MR) is 136 cm³/mol. The lowest BCUT2D eigenvalue weighted by atomic mass is 10.1. The van der Waals surface area contributed by atoms with E-state index in [2.05, 4.69) is 15.3 Å². The zero-order valence-corrected chi connectivity index (χ0v) is 22.4. The number of hydrogen-bond donors (Lipinski definition) is 2. The van der Waals surface area contributed by atoms with E-state index < -0.39 is 50.2 Å².